The van der Waals surface area contributed by atoms with Gasteiger partial charge in [-0.25, -0.2) is 0 Å². The van der Waals surface area contributed by atoms with E-state index in [1.54, 1.807) is 0 Å². The zero-order chi connectivity index (χ0) is 13.8. The Balaban J connectivity index is 0.00000161. The number of nitrogens with two attached hydrogens (primary N) is 1. The van der Waals surface area contributed by atoms with E-state index in [4.69, 9.17) is 10.3 Å². The Hall–Kier alpha value is -0.650. The molecule has 0 spiro atoms. The van der Waals surface area contributed by atoms with Gasteiger partial charge in [0.25, 0.3) is 0 Å². The lowest BCUT2D eigenvalue weighted by Crippen LogP contribution is -2.31. The van der Waals surface area contributed by atoms with Crippen molar-refractivity contribution in [2.24, 2.45) is 11.7 Å². The summed E-state index contributed by atoms with van der Waals surface area (Å²) in [6.07, 6.45) is 11.2. The van der Waals surface area contributed by atoms with Crippen LogP contribution in [0.15, 0.2) is 4.52 Å². The van der Waals surface area contributed by atoms with Crippen LogP contribution in [0.5, 0.6) is 0 Å². The molecule has 1 unspecified atom stereocenters. The lowest BCUT2D eigenvalue weighted by Gasteiger charge is -2.29. The van der Waals surface area contributed by atoms with E-state index in [0.29, 0.717) is 12.4 Å². The van der Waals surface area contributed by atoms with Gasteiger partial charge in [0.05, 0.1) is 13.1 Å². The van der Waals surface area contributed by atoms with Crippen LogP contribution in [0, 0.1) is 5.92 Å². The zero-order valence-electron chi connectivity index (χ0n) is 12.7. The molecule has 1 saturated carbocycles. The third kappa shape index (κ3) is 4.41. The van der Waals surface area contributed by atoms with Crippen molar-refractivity contribution >= 4 is 12.4 Å². The molecule has 2 heterocycles. The Bertz CT molecular complexity index is 420. The third-order valence-electron chi connectivity index (χ3n) is 4.86. The van der Waals surface area contributed by atoms with Crippen molar-refractivity contribution in [3.8, 4) is 0 Å². The predicted molar refractivity (Wildman–Crippen MR) is 84.1 cm³/mol. The van der Waals surface area contributed by atoms with E-state index in [9.17, 15) is 0 Å². The minimum Gasteiger partial charge on any atom is -0.338 e. The van der Waals surface area contributed by atoms with Crippen molar-refractivity contribution in [1.82, 2.24) is 15.0 Å². The van der Waals surface area contributed by atoms with Gasteiger partial charge in [-0.05, 0) is 31.7 Å². The summed E-state index contributed by atoms with van der Waals surface area (Å²) in [5.74, 6) is 2.28. The highest BCUT2D eigenvalue weighted by molar-refractivity contribution is 5.85. The Morgan fingerprint density at radius 3 is 2.67 bits per heavy atom. The van der Waals surface area contributed by atoms with Crippen LogP contribution >= 0.6 is 12.4 Å². The maximum absolute atomic E-state index is 5.51. The van der Waals surface area contributed by atoms with Crippen molar-refractivity contribution in [2.75, 3.05) is 6.54 Å². The molecule has 5 nitrogen and oxygen atoms in total. The number of rotatable bonds is 5. The molecule has 0 aromatic carbocycles. The number of hydrogen-bond acceptors (Lipinski definition) is 5. The molecule has 120 valence electrons. The van der Waals surface area contributed by atoms with Crippen LogP contribution in [0.2, 0.25) is 0 Å². The maximum atomic E-state index is 5.51. The topological polar surface area (TPSA) is 68.2 Å². The Morgan fingerprint density at radius 1 is 1.14 bits per heavy atom. The van der Waals surface area contributed by atoms with Gasteiger partial charge in [0.1, 0.15) is 0 Å². The van der Waals surface area contributed by atoms with E-state index in [0.717, 1.165) is 24.3 Å². The summed E-state index contributed by atoms with van der Waals surface area (Å²) < 4.78 is 5.10. The van der Waals surface area contributed by atoms with E-state index in [2.05, 4.69) is 15.0 Å². The highest BCUT2D eigenvalue weighted by Crippen LogP contribution is 2.32. The fourth-order valence-corrected chi connectivity index (χ4v) is 3.80. The fourth-order valence-electron chi connectivity index (χ4n) is 3.80. The van der Waals surface area contributed by atoms with Crippen molar-refractivity contribution in [1.29, 1.82) is 0 Å². The molecule has 6 heteroatoms. The van der Waals surface area contributed by atoms with Gasteiger partial charge >= 0.3 is 0 Å². The number of halogens is 1. The van der Waals surface area contributed by atoms with Gasteiger partial charge in [0.15, 0.2) is 5.82 Å². The third-order valence-corrected chi connectivity index (χ3v) is 4.86. The summed E-state index contributed by atoms with van der Waals surface area (Å²) >= 11 is 0. The molecule has 1 atom stereocenters. The summed E-state index contributed by atoms with van der Waals surface area (Å²) in [7, 11) is 0. The first-order valence-corrected chi connectivity index (χ1v) is 8.10. The Morgan fingerprint density at radius 2 is 1.95 bits per heavy atom. The standard InChI is InChI=1S/C15H26N4O.ClH/c16-10-15-17-14(18-20-15)11-19-8-4-7-13(19)9-12-5-2-1-3-6-12;/h12-13H,1-11,16H2;1H. The van der Waals surface area contributed by atoms with Crippen LogP contribution in [0.1, 0.15) is 63.1 Å². The lowest BCUT2D eigenvalue weighted by molar-refractivity contribution is 0.187. The molecule has 21 heavy (non-hydrogen) atoms. The molecule has 1 aromatic heterocycles. The van der Waals surface area contributed by atoms with Gasteiger partial charge in [-0.15, -0.1) is 12.4 Å². The highest BCUT2D eigenvalue weighted by atomic mass is 35.5. The molecule has 2 fully saturated rings. The number of nitrogens with zero attached hydrogens (tertiary/aromatic N) is 3. The molecule has 0 amide bonds. The average molecular weight is 315 g/mol. The lowest BCUT2D eigenvalue weighted by atomic mass is 9.84. The highest BCUT2D eigenvalue weighted by Gasteiger charge is 2.28. The minimum absolute atomic E-state index is 0. The van der Waals surface area contributed by atoms with Gasteiger partial charge in [-0.1, -0.05) is 37.3 Å². The van der Waals surface area contributed by atoms with E-state index in [1.165, 1.54) is 57.9 Å². The SMILES string of the molecule is Cl.NCc1nc(CN2CCCC2CC2CCCCC2)no1. The number of aromatic nitrogens is 2. The van der Waals surface area contributed by atoms with E-state index in [-0.39, 0.29) is 12.4 Å². The largest absolute Gasteiger partial charge is 0.338 e. The average Bonchev–Trinajstić information content (AvgIpc) is 3.10. The van der Waals surface area contributed by atoms with Gasteiger partial charge in [0, 0.05) is 6.04 Å². The van der Waals surface area contributed by atoms with E-state index in [1.807, 2.05) is 0 Å². The zero-order valence-corrected chi connectivity index (χ0v) is 13.5. The molecule has 2 N–H and O–H groups in total. The van der Waals surface area contributed by atoms with Crippen molar-refractivity contribution in [3.05, 3.63) is 11.7 Å². The van der Waals surface area contributed by atoms with Gasteiger partial charge in [0.2, 0.25) is 5.89 Å². The summed E-state index contributed by atoms with van der Waals surface area (Å²) in [6.45, 7) is 2.32. The Labute approximate surface area is 133 Å². The second-order valence-corrected chi connectivity index (χ2v) is 6.31. The van der Waals surface area contributed by atoms with Crippen LogP contribution in [0.25, 0.3) is 0 Å². The van der Waals surface area contributed by atoms with Crippen molar-refractivity contribution in [2.45, 2.75) is 70.5 Å². The molecule has 1 saturated heterocycles. The summed E-state index contributed by atoms with van der Waals surface area (Å²) in [5, 5.41) is 4.02. The second-order valence-electron chi connectivity index (χ2n) is 6.31. The molecule has 2 aliphatic rings. The summed E-state index contributed by atoms with van der Waals surface area (Å²) in [5.41, 5.74) is 5.51. The Kier molecular flexibility index (Phi) is 6.45. The van der Waals surface area contributed by atoms with Crippen molar-refractivity contribution in [3.63, 3.8) is 0 Å². The normalized spacial score (nSPS) is 24.1. The van der Waals surface area contributed by atoms with Crippen LogP contribution in [-0.4, -0.2) is 27.6 Å². The van der Waals surface area contributed by atoms with E-state index < -0.39 is 0 Å². The van der Waals surface area contributed by atoms with Gasteiger partial charge in [-0.2, -0.15) is 4.98 Å². The molecule has 0 radical (unpaired) electrons. The first kappa shape index (κ1) is 16.7. The number of hydrogen-bond donors (Lipinski definition) is 1. The van der Waals surface area contributed by atoms with Gasteiger partial charge in [-0.3, -0.25) is 4.90 Å². The summed E-state index contributed by atoms with van der Waals surface area (Å²) in [6, 6.07) is 0.720. The van der Waals surface area contributed by atoms with Crippen LogP contribution < -0.4 is 5.73 Å². The molecule has 3 rings (SSSR count). The van der Waals surface area contributed by atoms with Crippen LogP contribution in [0.3, 0.4) is 0 Å². The minimum atomic E-state index is 0. The van der Waals surface area contributed by atoms with Gasteiger partial charge < -0.3 is 10.3 Å². The molecule has 1 aromatic rings. The molecule has 1 aliphatic heterocycles. The second kappa shape index (κ2) is 8.11. The first-order chi connectivity index (χ1) is 9.85. The van der Waals surface area contributed by atoms with Crippen LogP contribution in [-0.2, 0) is 13.1 Å². The predicted octanol–water partition coefficient (Wildman–Crippen LogP) is 2.88. The van der Waals surface area contributed by atoms with Crippen molar-refractivity contribution < 1.29 is 4.52 Å². The quantitative estimate of drug-likeness (QED) is 0.905. The molecule has 0 bridgehead atoms. The number of likely N-dealkylation sites (tertiary alicyclic amines) is 1. The monoisotopic (exact) mass is 314 g/mol. The molecular formula is C15H27ClN4O. The van der Waals surface area contributed by atoms with E-state index >= 15 is 0 Å². The molecular weight excluding hydrogens is 288 g/mol. The van der Waals surface area contributed by atoms with Crippen LogP contribution in [0.4, 0.5) is 0 Å². The molecule has 1 aliphatic carbocycles. The fraction of sp³-hybridized carbons (Fsp3) is 0.867. The maximum Gasteiger partial charge on any atom is 0.240 e. The first-order valence-electron chi connectivity index (χ1n) is 8.10. The smallest absolute Gasteiger partial charge is 0.240 e. The summed E-state index contributed by atoms with van der Waals surface area (Å²) in [4.78, 5) is 6.87.